The Bertz CT molecular complexity index is 1130. The van der Waals surface area contributed by atoms with E-state index in [1.807, 2.05) is 0 Å². The molecule has 0 saturated heterocycles. The van der Waals surface area contributed by atoms with E-state index in [1.54, 1.807) is 24.5 Å². The number of hydrogen-bond donors (Lipinski definition) is 1. The van der Waals surface area contributed by atoms with Gasteiger partial charge in [0.25, 0.3) is 5.78 Å². The molecule has 1 N–H and O–H groups in total. The molecule has 0 spiro atoms. The van der Waals surface area contributed by atoms with E-state index in [0.717, 1.165) is 0 Å². The van der Waals surface area contributed by atoms with Crippen LogP contribution in [0.4, 0.5) is 0 Å². The lowest BCUT2D eigenvalue weighted by Gasteiger charge is -2.10. The molecule has 0 aliphatic carbocycles. The first-order valence-electron chi connectivity index (χ1n) is 7.73. The molecule has 0 fully saturated rings. The number of fused-ring (bicyclic) bond motifs is 1. The van der Waals surface area contributed by atoms with Crippen molar-refractivity contribution < 1.29 is 9.90 Å². The molecular weight excluding hydrogens is 388 g/mol. The molecule has 3 heterocycles. The molecule has 0 aliphatic rings. The summed E-state index contributed by atoms with van der Waals surface area (Å²) in [6, 6.07) is 4.76. The van der Waals surface area contributed by atoms with Crippen molar-refractivity contribution in [2.45, 2.75) is 10.9 Å². The molecule has 0 aliphatic heterocycles. The van der Waals surface area contributed by atoms with Gasteiger partial charge in [-0.05, 0) is 18.2 Å². The van der Waals surface area contributed by atoms with Gasteiger partial charge < -0.3 is 5.11 Å². The summed E-state index contributed by atoms with van der Waals surface area (Å²) in [5.41, 5.74) is 0.863. The quantitative estimate of drug-likeness (QED) is 0.311. The number of rotatable bonds is 5. The van der Waals surface area contributed by atoms with Gasteiger partial charge in [0.2, 0.25) is 0 Å². The highest BCUT2D eigenvalue weighted by molar-refractivity contribution is 7.98. The molecule has 134 valence electrons. The van der Waals surface area contributed by atoms with E-state index in [9.17, 15) is 9.90 Å². The molecule has 0 radical (unpaired) electrons. The number of aromatic nitrogens is 6. The average Bonchev–Trinajstić information content (AvgIpc) is 3.16. The second kappa shape index (κ2) is 7.29. The van der Waals surface area contributed by atoms with Gasteiger partial charge in [0.1, 0.15) is 12.1 Å². The van der Waals surface area contributed by atoms with Gasteiger partial charge in [0.15, 0.2) is 10.9 Å². The Balaban J connectivity index is 1.65. The number of carbonyl (C=O) groups excluding carboxylic acids is 1. The van der Waals surface area contributed by atoms with E-state index in [2.05, 4.69) is 25.0 Å². The van der Waals surface area contributed by atoms with Gasteiger partial charge in [0.05, 0.1) is 11.1 Å². The van der Waals surface area contributed by atoms with Crippen LogP contribution in [0.1, 0.15) is 21.5 Å². The SMILES string of the molecule is O=C(c1cnc2ncnn2c1)c1cc(Cl)cc(CSc2ncccn2)c1O. The molecule has 4 aromatic rings. The predicted octanol–water partition coefficient (Wildman–Crippen LogP) is 2.80. The third-order valence-corrected chi connectivity index (χ3v) is 4.84. The van der Waals surface area contributed by atoms with Crippen molar-refractivity contribution in [3.05, 3.63) is 71.0 Å². The first kappa shape index (κ1) is 17.4. The highest BCUT2D eigenvalue weighted by atomic mass is 35.5. The molecule has 1 aromatic carbocycles. The number of aromatic hydroxyl groups is 1. The minimum atomic E-state index is -0.415. The molecule has 27 heavy (non-hydrogen) atoms. The Hall–Kier alpha value is -3.04. The van der Waals surface area contributed by atoms with Crippen LogP contribution in [0.3, 0.4) is 0 Å². The van der Waals surface area contributed by atoms with Gasteiger partial charge in [-0.15, -0.1) is 0 Å². The third-order valence-electron chi connectivity index (χ3n) is 3.69. The normalized spacial score (nSPS) is 11.0. The third kappa shape index (κ3) is 3.60. The fourth-order valence-electron chi connectivity index (χ4n) is 2.43. The van der Waals surface area contributed by atoms with Crippen LogP contribution in [0.25, 0.3) is 5.78 Å². The molecule has 4 rings (SSSR count). The molecule has 0 saturated carbocycles. The van der Waals surface area contributed by atoms with Crippen molar-refractivity contribution in [3.63, 3.8) is 0 Å². The van der Waals surface area contributed by atoms with Crippen LogP contribution in [-0.2, 0) is 5.75 Å². The lowest BCUT2D eigenvalue weighted by Crippen LogP contribution is -2.06. The summed E-state index contributed by atoms with van der Waals surface area (Å²) in [7, 11) is 0. The Morgan fingerprint density at radius 1 is 1.19 bits per heavy atom. The van der Waals surface area contributed by atoms with Crippen LogP contribution in [0.2, 0.25) is 5.02 Å². The van der Waals surface area contributed by atoms with Crippen LogP contribution in [0.15, 0.2) is 54.5 Å². The maximum absolute atomic E-state index is 12.9. The summed E-state index contributed by atoms with van der Waals surface area (Å²) in [5.74, 6) is 0.187. The zero-order chi connectivity index (χ0) is 18.8. The summed E-state index contributed by atoms with van der Waals surface area (Å²) >= 11 is 7.49. The average molecular weight is 399 g/mol. The van der Waals surface area contributed by atoms with Crippen LogP contribution >= 0.6 is 23.4 Å². The number of thioether (sulfide) groups is 1. The van der Waals surface area contributed by atoms with Gasteiger partial charge in [-0.1, -0.05) is 23.4 Å². The number of phenols is 1. The van der Waals surface area contributed by atoms with Gasteiger partial charge in [-0.25, -0.2) is 19.5 Å². The zero-order valence-electron chi connectivity index (χ0n) is 13.7. The standard InChI is InChI=1S/C17H11ClN6O2S/c18-12-4-10(8-27-17-19-2-1-3-20-17)14(25)13(5-12)15(26)11-6-21-16-22-9-23-24(16)7-11/h1-7,9,25H,8H2. The van der Waals surface area contributed by atoms with Crippen molar-refractivity contribution in [3.8, 4) is 5.75 Å². The van der Waals surface area contributed by atoms with Crippen molar-refractivity contribution >= 4 is 34.9 Å². The first-order chi connectivity index (χ1) is 13.1. The summed E-state index contributed by atoms with van der Waals surface area (Å²) in [4.78, 5) is 29.1. The van der Waals surface area contributed by atoms with Crippen molar-refractivity contribution in [2.75, 3.05) is 0 Å². The number of hydrogen-bond acceptors (Lipinski definition) is 8. The van der Waals surface area contributed by atoms with Crippen LogP contribution in [0, 0.1) is 0 Å². The second-order valence-corrected chi connectivity index (χ2v) is 6.84. The molecule has 0 unspecified atom stereocenters. The number of phenolic OH excluding ortho intramolecular Hbond substituents is 1. The topological polar surface area (TPSA) is 106 Å². The lowest BCUT2D eigenvalue weighted by molar-refractivity contribution is 0.103. The summed E-state index contributed by atoms with van der Waals surface area (Å²) in [5, 5.41) is 15.5. The van der Waals surface area contributed by atoms with Gasteiger partial charge in [-0.2, -0.15) is 10.1 Å². The second-order valence-electron chi connectivity index (χ2n) is 5.46. The fraction of sp³-hybridized carbons (Fsp3) is 0.0588. The lowest BCUT2D eigenvalue weighted by atomic mass is 10.0. The van der Waals surface area contributed by atoms with Crippen LogP contribution < -0.4 is 0 Å². The first-order valence-corrected chi connectivity index (χ1v) is 9.09. The Labute approximate surface area is 162 Å². The smallest absolute Gasteiger partial charge is 0.252 e. The van der Waals surface area contributed by atoms with E-state index in [-0.39, 0.29) is 16.9 Å². The summed E-state index contributed by atoms with van der Waals surface area (Å²) in [6.07, 6.45) is 7.50. The van der Waals surface area contributed by atoms with Gasteiger partial charge in [0, 0.05) is 41.1 Å². The monoisotopic (exact) mass is 398 g/mol. The molecule has 0 amide bonds. The Kier molecular flexibility index (Phi) is 4.69. The van der Waals surface area contributed by atoms with Crippen molar-refractivity contribution in [1.29, 1.82) is 0 Å². The molecule has 3 aromatic heterocycles. The number of ketones is 1. The van der Waals surface area contributed by atoms with E-state index in [0.29, 0.717) is 27.3 Å². The number of benzene rings is 1. The predicted molar refractivity (Wildman–Crippen MR) is 98.9 cm³/mol. The van der Waals surface area contributed by atoms with Crippen LogP contribution in [0.5, 0.6) is 5.75 Å². The highest BCUT2D eigenvalue weighted by Gasteiger charge is 2.19. The minimum Gasteiger partial charge on any atom is -0.507 e. The van der Waals surface area contributed by atoms with E-state index in [4.69, 9.17) is 11.6 Å². The Morgan fingerprint density at radius 3 is 2.81 bits per heavy atom. The molecule has 0 atom stereocenters. The molecule has 10 heteroatoms. The number of nitrogens with zero attached hydrogens (tertiary/aromatic N) is 6. The molecule has 8 nitrogen and oxygen atoms in total. The zero-order valence-corrected chi connectivity index (χ0v) is 15.2. The van der Waals surface area contributed by atoms with E-state index >= 15 is 0 Å². The largest absolute Gasteiger partial charge is 0.507 e. The van der Waals surface area contributed by atoms with Gasteiger partial charge >= 0.3 is 0 Å². The maximum atomic E-state index is 12.9. The van der Waals surface area contributed by atoms with Crippen molar-refractivity contribution in [2.24, 2.45) is 0 Å². The van der Waals surface area contributed by atoms with Crippen LogP contribution in [-0.4, -0.2) is 40.4 Å². The van der Waals surface area contributed by atoms with E-state index < -0.39 is 5.78 Å². The molecular formula is C17H11ClN6O2S. The number of carbonyl (C=O) groups is 1. The van der Waals surface area contributed by atoms with Crippen molar-refractivity contribution in [1.82, 2.24) is 29.5 Å². The summed E-state index contributed by atoms with van der Waals surface area (Å²) in [6.45, 7) is 0. The fourth-order valence-corrected chi connectivity index (χ4v) is 3.45. The highest BCUT2D eigenvalue weighted by Crippen LogP contribution is 2.32. The van der Waals surface area contributed by atoms with Gasteiger partial charge in [-0.3, -0.25) is 4.79 Å². The minimum absolute atomic E-state index is 0.0911. The summed E-state index contributed by atoms with van der Waals surface area (Å²) < 4.78 is 1.39. The van der Waals surface area contributed by atoms with E-state index in [1.165, 1.54) is 41.1 Å². The number of halogens is 1. The Morgan fingerprint density at radius 2 is 2.00 bits per heavy atom. The molecule has 0 bridgehead atoms. The maximum Gasteiger partial charge on any atom is 0.252 e.